The molecule has 0 spiro atoms. The van der Waals surface area contributed by atoms with Crippen LogP contribution in [-0.4, -0.2) is 65.8 Å². The van der Waals surface area contributed by atoms with E-state index >= 15 is 0 Å². The first-order valence-electron chi connectivity index (χ1n) is 11.8. The van der Waals surface area contributed by atoms with Gasteiger partial charge in [-0.05, 0) is 36.4 Å². The molecule has 0 unspecified atom stereocenters. The molecule has 0 aliphatic heterocycles. The summed E-state index contributed by atoms with van der Waals surface area (Å²) in [4.78, 5) is 18.3. The maximum atomic E-state index is 14.0. The van der Waals surface area contributed by atoms with Crippen LogP contribution in [0.2, 0.25) is 0 Å². The molecule has 12 heteroatoms. The first-order valence-corrected chi connectivity index (χ1v) is 13.2. The molecular formula is C28H28N2O9S. The van der Waals surface area contributed by atoms with Crippen molar-refractivity contribution in [3.8, 4) is 45.9 Å². The zero-order valence-electron chi connectivity index (χ0n) is 22.8. The molecule has 0 saturated carbocycles. The van der Waals surface area contributed by atoms with Gasteiger partial charge in [0.2, 0.25) is 17.3 Å². The van der Waals surface area contributed by atoms with Crippen LogP contribution in [0.4, 0.5) is 0 Å². The molecule has 210 valence electrons. The molecule has 1 heterocycles. The highest BCUT2D eigenvalue weighted by molar-refractivity contribution is 7.90. The molecule has 0 bridgehead atoms. The SMILES string of the molecule is COc1cc(C(=O)c2cnc(-c3cc(OC)c(OC)c(OC)c3)n2S(=O)(=O)c2ccccc2)cc(OC)c1OC. The van der Waals surface area contributed by atoms with E-state index in [9.17, 15) is 13.2 Å². The Balaban J connectivity index is 2.01. The number of rotatable bonds is 11. The van der Waals surface area contributed by atoms with Gasteiger partial charge in [0.05, 0.1) is 53.8 Å². The van der Waals surface area contributed by atoms with Crippen molar-refractivity contribution in [3.63, 3.8) is 0 Å². The molecule has 3 aromatic carbocycles. The third-order valence-corrected chi connectivity index (χ3v) is 7.80. The van der Waals surface area contributed by atoms with Crippen molar-refractivity contribution >= 4 is 15.8 Å². The van der Waals surface area contributed by atoms with E-state index in [1.165, 1.54) is 73.1 Å². The molecule has 0 fully saturated rings. The highest BCUT2D eigenvalue weighted by atomic mass is 32.2. The number of carbonyl (C=O) groups is 1. The highest BCUT2D eigenvalue weighted by Crippen LogP contribution is 2.42. The second-order valence-electron chi connectivity index (χ2n) is 8.21. The maximum Gasteiger partial charge on any atom is 0.270 e. The van der Waals surface area contributed by atoms with Gasteiger partial charge in [-0.2, -0.15) is 0 Å². The summed E-state index contributed by atoms with van der Waals surface area (Å²) in [5.41, 5.74) is 0.176. The van der Waals surface area contributed by atoms with E-state index < -0.39 is 15.8 Å². The zero-order valence-corrected chi connectivity index (χ0v) is 23.6. The lowest BCUT2D eigenvalue weighted by Gasteiger charge is -2.17. The van der Waals surface area contributed by atoms with Gasteiger partial charge in [-0.3, -0.25) is 4.79 Å². The second kappa shape index (κ2) is 11.6. The fraction of sp³-hybridized carbons (Fsp3) is 0.214. The average molecular weight is 569 g/mol. The molecule has 0 saturated heterocycles. The lowest BCUT2D eigenvalue weighted by molar-refractivity contribution is 0.103. The number of carbonyl (C=O) groups excluding carboxylic acids is 1. The fourth-order valence-electron chi connectivity index (χ4n) is 4.20. The van der Waals surface area contributed by atoms with E-state index in [0.29, 0.717) is 11.3 Å². The minimum absolute atomic E-state index is 0.0411. The largest absolute Gasteiger partial charge is 0.493 e. The maximum absolute atomic E-state index is 14.0. The normalized spacial score (nSPS) is 11.1. The zero-order chi connectivity index (χ0) is 29.0. The first kappa shape index (κ1) is 28.3. The minimum Gasteiger partial charge on any atom is -0.493 e. The molecule has 0 aliphatic rings. The monoisotopic (exact) mass is 568 g/mol. The highest BCUT2D eigenvalue weighted by Gasteiger charge is 2.31. The smallest absolute Gasteiger partial charge is 0.270 e. The summed E-state index contributed by atoms with van der Waals surface area (Å²) in [6.07, 6.45) is 1.20. The number of hydrogen-bond acceptors (Lipinski definition) is 10. The van der Waals surface area contributed by atoms with Crippen LogP contribution in [0.25, 0.3) is 11.4 Å². The number of benzene rings is 3. The van der Waals surface area contributed by atoms with Crippen molar-refractivity contribution in [2.24, 2.45) is 0 Å². The van der Waals surface area contributed by atoms with Crippen molar-refractivity contribution in [1.82, 2.24) is 8.96 Å². The van der Waals surface area contributed by atoms with Crippen molar-refractivity contribution in [1.29, 1.82) is 0 Å². The summed E-state index contributed by atoms with van der Waals surface area (Å²) in [5, 5.41) is 0. The Morgan fingerprint density at radius 3 is 1.62 bits per heavy atom. The van der Waals surface area contributed by atoms with Crippen LogP contribution in [-0.2, 0) is 10.0 Å². The molecule has 0 radical (unpaired) electrons. The van der Waals surface area contributed by atoms with Crippen LogP contribution in [0.3, 0.4) is 0 Å². The Morgan fingerprint density at radius 2 is 1.18 bits per heavy atom. The van der Waals surface area contributed by atoms with Crippen LogP contribution in [0, 0.1) is 0 Å². The van der Waals surface area contributed by atoms with E-state index in [1.54, 1.807) is 30.3 Å². The quantitative estimate of drug-likeness (QED) is 0.245. The third-order valence-electron chi connectivity index (χ3n) is 6.08. The molecule has 4 aromatic rings. The summed E-state index contributed by atoms with van der Waals surface area (Å²) in [6, 6.07) is 13.7. The minimum atomic E-state index is -4.32. The van der Waals surface area contributed by atoms with Gasteiger partial charge in [0.1, 0.15) is 5.69 Å². The second-order valence-corrected chi connectivity index (χ2v) is 9.99. The molecule has 1 aromatic heterocycles. The molecule has 11 nitrogen and oxygen atoms in total. The molecule has 0 atom stereocenters. The molecule has 0 amide bonds. The van der Waals surface area contributed by atoms with Crippen molar-refractivity contribution in [3.05, 3.63) is 72.1 Å². The van der Waals surface area contributed by atoms with E-state index in [1.807, 2.05) is 0 Å². The fourth-order valence-corrected chi connectivity index (χ4v) is 5.68. The van der Waals surface area contributed by atoms with Crippen LogP contribution >= 0.6 is 0 Å². The van der Waals surface area contributed by atoms with E-state index in [4.69, 9.17) is 28.4 Å². The number of imidazole rings is 1. The Hall–Kier alpha value is -4.71. The number of methoxy groups -OCH3 is 6. The van der Waals surface area contributed by atoms with E-state index in [-0.39, 0.29) is 50.7 Å². The summed E-state index contributed by atoms with van der Waals surface area (Å²) in [6.45, 7) is 0. The Morgan fingerprint density at radius 1 is 0.700 bits per heavy atom. The van der Waals surface area contributed by atoms with Crippen LogP contribution in [0.5, 0.6) is 34.5 Å². The number of ether oxygens (including phenoxy) is 6. The van der Waals surface area contributed by atoms with Crippen molar-refractivity contribution in [2.75, 3.05) is 42.7 Å². The summed E-state index contributed by atoms with van der Waals surface area (Å²) in [5.74, 6) is 0.918. The molecule has 0 aliphatic carbocycles. The predicted molar refractivity (Wildman–Crippen MR) is 146 cm³/mol. The van der Waals surface area contributed by atoms with E-state index in [2.05, 4.69) is 4.98 Å². The number of hydrogen-bond donors (Lipinski definition) is 0. The molecule has 40 heavy (non-hydrogen) atoms. The van der Waals surface area contributed by atoms with Gasteiger partial charge in [-0.1, -0.05) is 18.2 Å². The summed E-state index contributed by atoms with van der Waals surface area (Å²) in [7, 11) is 4.27. The summed E-state index contributed by atoms with van der Waals surface area (Å²) < 4.78 is 61.4. The van der Waals surface area contributed by atoms with Gasteiger partial charge in [0.25, 0.3) is 10.0 Å². The third kappa shape index (κ3) is 4.89. The van der Waals surface area contributed by atoms with Crippen LogP contribution in [0.1, 0.15) is 16.1 Å². The standard InChI is InChI=1S/C28H28N2O9S/c1-34-21-12-17(13-22(35-2)26(21)38-5)25(31)20-16-29-28(30(20)40(32,33)19-10-8-7-9-11-19)18-14-23(36-3)27(39-6)24(15-18)37-4/h7-16H,1-6H3. The van der Waals surface area contributed by atoms with Gasteiger partial charge in [-0.15, -0.1) is 0 Å². The average Bonchev–Trinajstić information content (AvgIpc) is 3.45. The lowest BCUT2D eigenvalue weighted by atomic mass is 10.1. The number of aromatic nitrogens is 2. The Kier molecular flexibility index (Phi) is 8.19. The Labute approximate surface area is 231 Å². The van der Waals surface area contributed by atoms with E-state index in [0.717, 1.165) is 3.97 Å². The first-order chi connectivity index (χ1) is 19.2. The summed E-state index contributed by atoms with van der Waals surface area (Å²) >= 11 is 0. The van der Waals surface area contributed by atoms with Crippen molar-refractivity contribution < 1.29 is 41.6 Å². The van der Waals surface area contributed by atoms with Gasteiger partial charge < -0.3 is 28.4 Å². The molecular weight excluding hydrogens is 540 g/mol. The Bertz CT molecular complexity index is 1600. The molecule has 4 rings (SSSR count). The van der Waals surface area contributed by atoms with Gasteiger partial charge in [0, 0.05) is 11.1 Å². The van der Waals surface area contributed by atoms with Gasteiger partial charge in [-0.25, -0.2) is 17.4 Å². The van der Waals surface area contributed by atoms with Gasteiger partial charge >= 0.3 is 0 Å². The lowest BCUT2D eigenvalue weighted by Crippen LogP contribution is -2.20. The number of nitrogens with zero attached hydrogens (tertiary/aromatic N) is 2. The van der Waals surface area contributed by atoms with Gasteiger partial charge in [0.15, 0.2) is 28.8 Å². The topological polar surface area (TPSA) is 124 Å². The van der Waals surface area contributed by atoms with Crippen LogP contribution < -0.4 is 28.4 Å². The van der Waals surface area contributed by atoms with Crippen molar-refractivity contribution in [2.45, 2.75) is 4.90 Å². The number of ketones is 1. The molecule has 0 N–H and O–H groups in total. The van der Waals surface area contributed by atoms with Crippen LogP contribution in [0.15, 0.2) is 65.7 Å². The predicted octanol–water partition coefficient (Wildman–Crippen LogP) is 4.07.